The van der Waals surface area contributed by atoms with E-state index in [-0.39, 0.29) is 11.9 Å². The van der Waals surface area contributed by atoms with E-state index in [1.165, 1.54) is 0 Å². The third-order valence-electron chi connectivity index (χ3n) is 5.57. The molecule has 1 atom stereocenters. The Morgan fingerprint density at radius 2 is 1.77 bits per heavy atom. The summed E-state index contributed by atoms with van der Waals surface area (Å²) in [5.74, 6) is 3.05. The predicted octanol–water partition coefficient (Wildman–Crippen LogP) is 2.74. The van der Waals surface area contributed by atoms with Crippen LogP contribution in [-0.4, -0.2) is 60.1 Å². The molecule has 7 heteroatoms. The maximum Gasteiger partial charge on any atom is 0.237 e. The van der Waals surface area contributed by atoms with Gasteiger partial charge in [-0.15, -0.1) is 0 Å². The highest BCUT2D eigenvalue weighted by Crippen LogP contribution is 2.19. The lowest BCUT2D eigenvalue weighted by Gasteiger charge is -2.38. The first-order valence-corrected chi connectivity index (χ1v) is 10.6. The van der Waals surface area contributed by atoms with Gasteiger partial charge in [0.05, 0.1) is 13.2 Å². The van der Waals surface area contributed by atoms with Gasteiger partial charge in [-0.1, -0.05) is 26.0 Å². The molecule has 7 nitrogen and oxygen atoms in total. The summed E-state index contributed by atoms with van der Waals surface area (Å²) in [4.78, 5) is 26.5. The van der Waals surface area contributed by atoms with Crippen molar-refractivity contribution >= 4 is 11.7 Å². The van der Waals surface area contributed by atoms with Crippen LogP contribution in [0.5, 0.6) is 5.75 Å². The second kappa shape index (κ2) is 9.89. The summed E-state index contributed by atoms with van der Waals surface area (Å²) in [6.07, 6.45) is 0. The monoisotopic (exact) mass is 411 g/mol. The molecule has 1 aliphatic heterocycles. The smallest absolute Gasteiger partial charge is 0.237 e. The Hall–Kier alpha value is -2.67. The summed E-state index contributed by atoms with van der Waals surface area (Å²) >= 11 is 0. The summed E-state index contributed by atoms with van der Waals surface area (Å²) in [5.41, 5.74) is 2.05. The van der Waals surface area contributed by atoms with Crippen LogP contribution < -0.4 is 15.0 Å². The molecule has 0 saturated carbocycles. The Labute approximate surface area is 179 Å². The van der Waals surface area contributed by atoms with Crippen molar-refractivity contribution < 1.29 is 9.53 Å². The minimum atomic E-state index is -0.163. The van der Waals surface area contributed by atoms with E-state index in [0.29, 0.717) is 12.5 Å². The summed E-state index contributed by atoms with van der Waals surface area (Å²) in [6, 6.07) is 9.64. The number of amides is 1. The number of aryl methyl sites for hydroxylation is 1. The third kappa shape index (κ3) is 5.48. The van der Waals surface area contributed by atoms with Crippen molar-refractivity contribution in [2.24, 2.45) is 0 Å². The lowest BCUT2D eigenvalue weighted by molar-refractivity contribution is -0.126. The number of anilines is 1. The molecule has 1 aromatic carbocycles. The molecule has 0 aliphatic carbocycles. The fraction of sp³-hybridized carbons (Fsp3) is 0.522. The number of methoxy groups -OCH3 is 1. The molecule has 0 unspecified atom stereocenters. The van der Waals surface area contributed by atoms with Crippen LogP contribution in [0.4, 0.5) is 5.82 Å². The molecule has 1 aromatic heterocycles. The first-order valence-electron chi connectivity index (χ1n) is 10.6. The van der Waals surface area contributed by atoms with Crippen LogP contribution in [0.15, 0.2) is 30.3 Å². The number of hydrogen-bond acceptors (Lipinski definition) is 6. The summed E-state index contributed by atoms with van der Waals surface area (Å²) in [6.45, 7) is 12.1. The average Bonchev–Trinajstić information content (AvgIpc) is 2.77. The summed E-state index contributed by atoms with van der Waals surface area (Å²) < 4.78 is 5.17. The van der Waals surface area contributed by atoms with Gasteiger partial charge in [-0.2, -0.15) is 0 Å². The zero-order valence-electron chi connectivity index (χ0n) is 18.7. The number of carbonyl (C=O) groups is 1. The largest absolute Gasteiger partial charge is 0.497 e. The standard InChI is InChI=1S/C23H33N5O2/c1-16(2)22-25-17(3)14-21(26-22)28-12-10-27(11-13-28)18(4)23(29)24-15-19-6-8-20(30-5)9-7-19/h6-9,14,16,18H,10-13,15H2,1-5H3,(H,24,29)/t18-/m0/s1. The van der Waals surface area contributed by atoms with E-state index in [1.807, 2.05) is 44.2 Å². The van der Waals surface area contributed by atoms with Crippen LogP contribution in [0.2, 0.25) is 0 Å². The SMILES string of the molecule is COc1ccc(CNC(=O)[C@H](C)N2CCN(c3cc(C)nc(C(C)C)n3)CC2)cc1. The van der Waals surface area contributed by atoms with E-state index in [2.05, 4.69) is 33.9 Å². The van der Waals surface area contributed by atoms with Gasteiger partial charge in [-0.25, -0.2) is 9.97 Å². The van der Waals surface area contributed by atoms with Crippen LogP contribution in [0.1, 0.15) is 43.8 Å². The van der Waals surface area contributed by atoms with E-state index in [1.54, 1.807) is 7.11 Å². The molecule has 0 radical (unpaired) electrons. The Bertz CT molecular complexity index is 845. The second-order valence-corrected chi connectivity index (χ2v) is 8.15. The number of benzene rings is 1. The quantitative estimate of drug-likeness (QED) is 0.756. The Morgan fingerprint density at radius 1 is 1.10 bits per heavy atom. The Morgan fingerprint density at radius 3 is 2.37 bits per heavy atom. The van der Waals surface area contributed by atoms with Crippen LogP contribution in [-0.2, 0) is 11.3 Å². The minimum Gasteiger partial charge on any atom is -0.497 e. The third-order valence-corrected chi connectivity index (χ3v) is 5.57. The Balaban J connectivity index is 1.52. The number of nitrogens with one attached hydrogen (secondary N) is 1. The van der Waals surface area contributed by atoms with Gasteiger partial charge in [0, 0.05) is 50.4 Å². The fourth-order valence-corrected chi connectivity index (χ4v) is 3.58. The number of aromatic nitrogens is 2. The topological polar surface area (TPSA) is 70.6 Å². The van der Waals surface area contributed by atoms with Gasteiger partial charge in [0.25, 0.3) is 0 Å². The number of hydrogen-bond donors (Lipinski definition) is 1. The zero-order chi connectivity index (χ0) is 21.7. The normalized spacial score (nSPS) is 15.9. The molecule has 1 saturated heterocycles. The lowest BCUT2D eigenvalue weighted by Crippen LogP contribution is -2.54. The van der Waals surface area contributed by atoms with E-state index in [0.717, 1.165) is 54.8 Å². The van der Waals surface area contributed by atoms with Gasteiger partial charge >= 0.3 is 0 Å². The van der Waals surface area contributed by atoms with Gasteiger partial charge in [-0.05, 0) is 31.5 Å². The molecule has 0 spiro atoms. The van der Waals surface area contributed by atoms with Gasteiger partial charge in [0.2, 0.25) is 5.91 Å². The van der Waals surface area contributed by atoms with Crippen molar-refractivity contribution in [3.05, 3.63) is 47.4 Å². The molecule has 2 aromatic rings. The van der Waals surface area contributed by atoms with Crippen molar-refractivity contribution in [1.82, 2.24) is 20.2 Å². The molecule has 30 heavy (non-hydrogen) atoms. The van der Waals surface area contributed by atoms with Gasteiger partial charge in [0.15, 0.2) is 0 Å². The minimum absolute atomic E-state index is 0.0549. The molecule has 0 bridgehead atoms. The summed E-state index contributed by atoms with van der Waals surface area (Å²) in [7, 11) is 1.65. The van der Waals surface area contributed by atoms with Crippen molar-refractivity contribution in [2.45, 2.75) is 46.2 Å². The molecular weight excluding hydrogens is 378 g/mol. The van der Waals surface area contributed by atoms with Gasteiger partial charge in [0.1, 0.15) is 17.4 Å². The number of nitrogens with zero attached hydrogens (tertiary/aromatic N) is 4. The van der Waals surface area contributed by atoms with Crippen molar-refractivity contribution in [1.29, 1.82) is 0 Å². The van der Waals surface area contributed by atoms with Crippen LogP contribution >= 0.6 is 0 Å². The lowest BCUT2D eigenvalue weighted by atomic mass is 10.2. The van der Waals surface area contributed by atoms with Gasteiger partial charge < -0.3 is 15.0 Å². The fourth-order valence-electron chi connectivity index (χ4n) is 3.58. The van der Waals surface area contributed by atoms with E-state index < -0.39 is 0 Å². The van der Waals surface area contributed by atoms with E-state index in [4.69, 9.17) is 9.72 Å². The first-order chi connectivity index (χ1) is 14.4. The number of rotatable bonds is 7. The number of piperazine rings is 1. The highest BCUT2D eigenvalue weighted by Gasteiger charge is 2.26. The second-order valence-electron chi connectivity index (χ2n) is 8.15. The molecule has 1 aliphatic rings. The van der Waals surface area contributed by atoms with Crippen LogP contribution in [0.25, 0.3) is 0 Å². The average molecular weight is 412 g/mol. The number of ether oxygens (including phenoxy) is 1. The summed E-state index contributed by atoms with van der Waals surface area (Å²) in [5, 5.41) is 3.05. The molecular formula is C23H33N5O2. The molecule has 1 N–H and O–H groups in total. The highest BCUT2D eigenvalue weighted by molar-refractivity contribution is 5.81. The first kappa shape index (κ1) is 22.0. The molecule has 162 valence electrons. The van der Waals surface area contributed by atoms with E-state index in [9.17, 15) is 4.79 Å². The van der Waals surface area contributed by atoms with E-state index >= 15 is 0 Å². The molecule has 1 fully saturated rings. The Kier molecular flexibility index (Phi) is 7.26. The highest BCUT2D eigenvalue weighted by atomic mass is 16.5. The predicted molar refractivity (Wildman–Crippen MR) is 119 cm³/mol. The number of carbonyl (C=O) groups excluding carboxylic acids is 1. The zero-order valence-corrected chi connectivity index (χ0v) is 18.7. The van der Waals surface area contributed by atoms with Crippen molar-refractivity contribution in [3.8, 4) is 5.75 Å². The molecule has 2 heterocycles. The molecule has 3 rings (SSSR count). The van der Waals surface area contributed by atoms with Crippen LogP contribution in [0, 0.1) is 6.92 Å². The maximum atomic E-state index is 12.6. The van der Waals surface area contributed by atoms with Crippen molar-refractivity contribution in [2.75, 3.05) is 38.2 Å². The maximum absolute atomic E-state index is 12.6. The van der Waals surface area contributed by atoms with Gasteiger partial charge in [-0.3, -0.25) is 9.69 Å². The molecule has 1 amide bonds. The van der Waals surface area contributed by atoms with Crippen LogP contribution in [0.3, 0.4) is 0 Å². The van der Waals surface area contributed by atoms with Crippen molar-refractivity contribution in [3.63, 3.8) is 0 Å².